The summed E-state index contributed by atoms with van der Waals surface area (Å²) >= 11 is 5.91. The Balaban J connectivity index is 1.49. The van der Waals surface area contributed by atoms with E-state index in [1.165, 1.54) is 6.42 Å². The lowest BCUT2D eigenvalue weighted by Gasteiger charge is -2.26. The molecule has 0 saturated heterocycles. The van der Waals surface area contributed by atoms with Crippen LogP contribution in [0.25, 0.3) is 11.3 Å². The van der Waals surface area contributed by atoms with Crippen molar-refractivity contribution in [3.05, 3.63) is 64.9 Å². The minimum atomic E-state index is -0.0294. The van der Waals surface area contributed by atoms with Crippen LogP contribution < -0.4 is 5.32 Å². The molecular formula is C21H21ClN4O. The van der Waals surface area contributed by atoms with Gasteiger partial charge in [-0.3, -0.25) is 14.9 Å². The van der Waals surface area contributed by atoms with Gasteiger partial charge in [0, 0.05) is 35.0 Å². The maximum Gasteiger partial charge on any atom is 0.225 e. The number of amides is 1. The molecule has 0 atom stereocenters. The number of halogens is 1. The van der Waals surface area contributed by atoms with Crippen molar-refractivity contribution in [2.45, 2.75) is 38.0 Å². The molecule has 3 aromatic rings. The number of carbonyl (C=O) groups excluding carboxylic acids is 1. The Bertz CT molecular complexity index is 917. The Morgan fingerprint density at radius 2 is 1.89 bits per heavy atom. The highest BCUT2D eigenvalue weighted by molar-refractivity contribution is 6.30. The van der Waals surface area contributed by atoms with Gasteiger partial charge in [0.2, 0.25) is 5.91 Å². The number of hydrogen-bond donors (Lipinski definition) is 2. The smallest absolute Gasteiger partial charge is 0.225 e. The van der Waals surface area contributed by atoms with E-state index in [4.69, 9.17) is 11.6 Å². The molecule has 1 saturated carbocycles. The molecule has 1 aromatic carbocycles. The van der Waals surface area contributed by atoms with E-state index >= 15 is 0 Å². The molecule has 6 heteroatoms. The molecule has 0 bridgehead atoms. The Kier molecular flexibility index (Phi) is 5.21. The van der Waals surface area contributed by atoms with Gasteiger partial charge in [-0.05, 0) is 55.0 Å². The number of aromatic amines is 1. The van der Waals surface area contributed by atoms with Crippen LogP contribution in [0.15, 0.2) is 48.8 Å². The summed E-state index contributed by atoms with van der Waals surface area (Å²) in [5.74, 6) is 1.07. The van der Waals surface area contributed by atoms with E-state index in [1.54, 1.807) is 12.4 Å². The minimum absolute atomic E-state index is 0.0294. The molecule has 0 radical (unpaired) electrons. The van der Waals surface area contributed by atoms with Crippen LogP contribution in [0, 0.1) is 0 Å². The first-order valence-corrected chi connectivity index (χ1v) is 9.61. The number of nitrogens with one attached hydrogen (secondary N) is 2. The van der Waals surface area contributed by atoms with Crippen LogP contribution in [0.2, 0.25) is 5.02 Å². The van der Waals surface area contributed by atoms with E-state index in [0.29, 0.717) is 29.6 Å². The van der Waals surface area contributed by atoms with Gasteiger partial charge in [-0.25, -0.2) is 0 Å². The van der Waals surface area contributed by atoms with E-state index in [9.17, 15) is 4.79 Å². The molecule has 138 valence electrons. The monoisotopic (exact) mass is 380 g/mol. The van der Waals surface area contributed by atoms with Crippen molar-refractivity contribution in [3.63, 3.8) is 0 Å². The van der Waals surface area contributed by atoms with Crippen molar-refractivity contribution >= 4 is 23.3 Å². The maximum absolute atomic E-state index is 12.5. The molecule has 4 rings (SSSR count). The van der Waals surface area contributed by atoms with E-state index in [0.717, 1.165) is 35.2 Å². The van der Waals surface area contributed by atoms with Crippen LogP contribution in [0.3, 0.4) is 0 Å². The zero-order valence-corrected chi connectivity index (χ0v) is 15.7. The van der Waals surface area contributed by atoms with Gasteiger partial charge in [0.05, 0.1) is 5.69 Å². The molecule has 27 heavy (non-hydrogen) atoms. The Hall–Kier alpha value is -2.66. The standard InChI is InChI=1S/C21H21ClN4O/c22-17-7-4-14(5-8-17)6-9-18(27)24-21-19(15-2-1-3-15)20(25-26-21)16-10-12-23-13-11-16/h4-5,7-8,10-13,15H,1-3,6,9H2,(H2,24,25,26,27). The van der Waals surface area contributed by atoms with Crippen molar-refractivity contribution in [2.24, 2.45) is 0 Å². The van der Waals surface area contributed by atoms with Gasteiger partial charge in [0.1, 0.15) is 0 Å². The average molecular weight is 381 g/mol. The number of nitrogens with zero attached hydrogens (tertiary/aromatic N) is 2. The lowest BCUT2D eigenvalue weighted by atomic mass is 9.79. The highest BCUT2D eigenvalue weighted by Crippen LogP contribution is 2.43. The first-order chi connectivity index (χ1) is 13.2. The first-order valence-electron chi connectivity index (χ1n) is 9.23. The Morgan fingerprint density at radius 3 is 2.56 bits per heavy atom. The summed E-state index contributed by atoms with van der Waals surface area (Å²) in [5.41, 5.74) is 4.23. The SMILES string of the molecule is O=C(CCc1ccc(Cl)cc1)Nc1n[nH]c(-c2ccncc2)c1C1CCC1. The predicted octanol–water partition coefficient (Wildman–Crippen LogP) is 4.96. The predicted molar refractivity (Wildman–Crippen MR) is 107 cm³/mol. The van der Waals surface area contributed by atoms with Crippen molar-refractivity contribution in [2.75, 3.05) is 5.32 Å². The van der Waals surface area contributed by atoms with Crippen LogP contribution >= 0.6 is 11.6 Å². The molecule has 0 aliphatic heterocycles. The second-order valence-corrected chi connectivity index (χ2v) is 7.34. The van der Waals surface area contributed by atoms with Crippen molar-refractivity contribution < 1.29 is 4.79 Å². The number of aryl methyl sites for hydroxylation is 1. The summed E-state index contributed by atoms with van der Waals surface area (Å²) in [4.78, 5) is 16.6. The number of aromatic nitrogens is 3. The van der Waals surface area contributed by atoms with Gasteiger partial charge in [-0.15, -0.1) is 0 Å². The lowest BCUT2D eigenvalue weighted by molar-refractivity contribution is -0.116. The molecule has 5 nitrogen and oxygen atoms in total. The number of carbonyl (C=O) groups is 1. The topological polar surface area (TPSA) is 70.7 Å². The van der Waals surface area contributed by atoms with E-state index in [1.807, 2.05) is 36.4 Å². The van der Waals surface area contributed by atoms with E-state index in [-0.39, 0.29) is 5.91 Å². The van der Waals surface area contributed by atoms with Gasteiger partial charge in [-0.2, -0.15) is 5.10 Å². The van der Waals surface area contributed by atoms with Crippen LogP contribution in [-0.4, -0.2) is 21.1 Å². The highest BCUT2D eigenvalue weighted by atomic mass is 35.5. The normalized spacial score (nSPS) is 14.0. The third-order valence-electron chi connectivity index (χ3n) is 5.10. The maximum atomic E-state index is 12.5. The van der Waals surface area contributed by atoms with Crippen LogP contribution in [0.1, 0.15) is 42.7 Å². The van der Waals surface area contributed by atoms with Gasteiger partial charge in [-0.1, -0.05) is 30.2 Å². The Labute approximate surface area is 163 Å². The van der Waals surface area contributed by atoms with Crippen molar-refractivity contribution in [1.29, 1.82) is 0 Å². The zero-order valence-electron chi connectivity index (χ0n) is 14.9. The largest absolute Gasteiger partial charge is 0.309 e. The first kappa shape index (κ1) is 17.7. The average Bonchev–Trinajstić information content (AvgIpc) is 3.04. The Morgan fingerprint density at radius 1 is 1.15 bits per heavy atom. The number of H-pyrrole nitrogens is 1. The molecule has 2 aromatic heterocycles. The minimum Gasteiger partial charge on any atom is -0.309 e. The summed E-state index contributed by atoms with van der Waals surface area (Å²) in [6, 6.07) is 11.5. The molecule has 2 heterocycles. The quantitative estimate of drug-likeness (QED) is 0.634. The molecule has 2 N–H and O–H groups in total. The fraction of sp³-hybridized carbons (Fsp3) is 0.286. The number of pyridine rings is 1. The third-order valence-corrected chi connectivity index (χ3v) is 5.35. The molecule has 1 fully saturated rings. The molecule has 1 aliphatic rings. The van der Waals surface area contributed by atoms with Gasteiger partial charge >= 0.3 is 0 Å². The fourth-order valence-electron chi connectivity index (χ4n) is 3.38. The van der Waals surface area contributed by atoms with E-state index in [2.05, 4.69) is 20.5 Å². The van der Waals surface area contributed by atoms with Gasteiger partial charge < -0.3 is 5.32 Å². The summed E-state index contributed by atoms with van der Waals surface area (Å²) in [6.45, 7) is 0. The van der Waals surface area contributed by atoms with Crippen LogP contribution in [0.4, 0.5) is 5.82 Å². The summed E-state index contributed by atoms with van der Waals surface area (Å²) in [6.07, 6.45) is 8.09. The lowest BCUT2D eigenvalue weighted by Crippen LogP contribution is -2.17. The molecule has 0 unspecified atom stereocenters. The summed E-state index contributed by atoms with van der Waals surface area (Å²) < 4.78 is 0. The summed E-state index contributed by atoms with van der Waals surface area (Å²) in [7, 11) is 0. The highest BCUT2D eigenvalue weighted by Gasteiger charge is 2.28. The van der Waals surface area contributed by atoms with Crippen molar-refractivity contribution in [3.8, 4) is 11.3 Å². The van der Waals surface area contributed by atoms with Gasteiger partial charge in [0.25, 0.3) is 0 Å². The number of hydrogen-bond acceptors (Lipinski definition) is 3. The van der Waals surface area contributed by atoms with Gasteiger partial charge in [0.15, 0.2) is 5.82 Å². The second-order valence-electron chi connectivity index (χ2n) is 6.90. The zero-order chi connectivity index (χ0) is 18.6. The number of rotatable bonds is 6. The van der Waals surface area contributed by atoms with Crippen LogP contribution in [-0.2, 0) is 11.2 Å². The number of benzene rings is 1. The fourth-order valence-corrected chi connectivity index (χ4v) is 3.51. The molecule has 1 amide bonds. The van der Waals surface area contributed by atoms with E-state index < -0.39 is 0 Å². The summed E-state index contributed by atoms with van der Waals surface area (Å²) in [5, 5.41) is 11.2. The molecular weight excluding hydrogens is 360 g/mol. The van der Waals surface area contributed by atoms with Crippen LogP contribution in [0.5, 0.6) is 0 Å². The molecule has 1 aliphatic carbocycles. The second kappa shape index (κ2) is 7.92. The third kappa shape index (κ3) is 4.03. The van der Waals surface area contributed by atoms with Crippen molar-refractivity contribution in [1.82, 2.24) is 15.2 Å². The number of anilines is 1. The molecule has 0 spiro atoms.